The van der Waals surface area contributed by atoms with Crippen LogP contribution < -0.4 is 0 Å². The summed E-state index contributed by atoms with van der Waals surface area (Å²) >= 11 is 2.64. The van der Waals surface area contributed by atoms with Gasteiger partial charge in [-0.2, -0.15) is 5.10 Å². The van der Waals surface area contributed by atoms with E-state index in [1.165, 1.54) is 28.7 Å². The largest absolute Gasteiger partial charge is 0.274 e. The first kappa shape index (κ1) is 18.6. The second-order valence-corrected chi connectivity index (χ2v) is 9.55. The van der Waals surface area contributed by atoms with Gasteiger partial charge in [0.1, 0.15) is 15.4 Å². The predicted octanol–water partition coefficient (Wildman–Crippen LogP) is 5.73. The van der Waals surface area contributed by atoms with E-state index in [1.54, 1.807) is 24.0 Å². The fraction of sp³-hybridized carbons (Fsp3) is 0.316. The maximum Gasteiger partial charge on any atom is 0.273 e. The normalized spacial score (nSPS) is 19.1. The first-order valence-corrected chi connectivity index (χ1v) is 10.8. The summed E-state index contributed by atoms with van der Waals surface area (Å²) in [4.78, 5) is 5.87. The summed E-state index contributed by atoms with van der Waals surface area (Å²) in [6, 6.07) is 5.04. The molecule has 4 heterocycles. The Hall–Kier alpha value is -2.38. The average molecular weight is 430 g/mol. The number of hydrogen-bond donors (Lipinski definition) is 0. The minimum atomic E-state index is -2.89. The fourth-order valence-corrected chi connectivity index (χ4v) is 6.41. The van der Waals surface area contributed by atoms with Crippen molar-refractivity contribution in [2.24, 2.45) is 7.05 Å². The average Bonchev–Trinajstić information content (AvgIpc) is 3.32. The molecule has 0 spiro atoms. The van der Waals surface area contributed by atoms with E-state index >= 15 is 0 Å². The van der Waals surface area contributed by atoms with E-state index in [9.17, 15) is 13.2 Å². The number of rotatable bonds is 2. The lowest BCUT2D eigenvalue weighted by Crippen LogP contribution is -2.36. The van der Waals surface area contributed by atoms with Gasteiger partial charge in [-0.25, -0.2) is 23.4 Å². The van der Waals surface area contributed by atoms with Crippen LogP contribution in [0.4, 0.5) is 13.2 Å². The van der Waals surface area contributed by atoms with E-state index in [0.717, 1.165) is 4.70 Å². The number of nitriles is 1. The number of fused-ring (bicyclic) bond motifs is 2. The lowest BCUT2D eigenvalue weighted by Gasteiger charge is -2.31. The highest BCUT2D eigenvalue weighted by Gasteiger charge is 2.48. The van der Waals surface area contributed by atoms with Crippen molar-refractivity contribution in [3.05, 3.63) is 35.1 Å². The fourth-order valence-electron chi connectivity index (χ4n) is 4.00. The minimum Gasteiger partial charge on any atom is -0.274 e. The first-order chi connectivity index (χ1) is 13.8. The van der Waals surface area contributed by atoms with Crippen LogP contribution in [-0.2, 0) is 7.05 Å². The van der Waals surface area contributed by atoms with Crippen LogP contribution in [0.15, 0.2) is 24.4 Å². The van der Waals surface area contributed by atoms with Crippen LogP contribution in [0.5, 0.6) is 0 Å². The van der Waals surface area contributed by atoms with Crippen molar-refractivity contribution >= 4 is 49.8 Å². The molecule has 29 heavy (non-hydrogen) atoms. The molecule has 5 rings (SSSR count). The minimum absolute atomic E-state index is 0.300. The van der Waals surface area contributed by atoms with Crippen molar-refractivity contribution in [1.29, 1.82) is 5.26 Å². The summed E-state index contributed by atoms with van der Waals surface area (Å²) in [5.41, 5.74) is 0.963. The molecule has 1 aliphatic heterocycles. The standard InChI is InChI=1S/C19H14BF3N4S2/c1-27-7-11-4-10(5-13(21)16(11)26-27)17-25-18-15(29-17)6-14(28-18)12-2-3-20(9-24)8-19(12,22)23/h4-7,12H,2-3,8H2,1H3. The molecule has 0 aliphatic carbocycles. The number of hydrogen-bond acceptors (Lipinski definition) is 5. The number of thiophene rings is 1. The van der Waals surface area contributed by atoms with Crippen molar-refractivity contribution in [3.63, 3.8) is 0 Å². The number of aromatic nitrogens is 3. The van der Waals surface area contributed by atoms with Gasteiger partial charge in [0.2, 0.25) is 0 Å². The molecule has 3 aromatic heterocycles. The highest BCUT2D eigenvalue weighted by atomic mass is 32.1. The van der Waals surface area contributed by atoms with Gasteiger partial charge in [-0.3, -0.25) is 4.68 Å². The van der Waals surface area contributed by atoms with Crippen molar-refractivity contribution in [2.75, 3.05) is 0 Å². The summed E-state index contributed by atoms with van der Waals surface area (Å²) in [5.74, 6) is -2.19. The molecule has 1 aromatic carbocycles. The summed E-state index contributed by atoms with van der Waals surface area (Å²) < 4.78 is 45.9. The first-order valence-electron chi connectivity index (χ1n) is 9.15. The summed E-state index contributed by atoms with van der Waals surface area (Å²) in [7, 11) is 1.74. The van der Waals surface area contributed by atoms with Gasteiger partial charge in [-0.15, -0.1) is 22.7 Å². The quantitative estimate of drug-likeness (QED) is 0.382. The number of alkyl halides is 2. The molecule has 0 radical (unpaired) electrons. The van der Waals surface area contributed by atoms with E-state index in [-0.39, 0.29) is 6.32 Å². The number of benzene rings is 1. The maximum absolute atomic E-state index is 14.6. The highest BCUT2D eigenvalue weighted by molar-refractivity contribution is 7.28. The number of nitrogens with zero attached hydrogens (tertiary/aromatic N) is 4. The van der Waals surface area contributed by atoms with Gasteiger partial charge in [-0.05, 0) is 24.6 Å². The van der Waals surface area contributed by atoms with Crippen LogP contribution in [0, 0.1) is 17.0 Å². The zero-order valence-electron chi connectivity index (χ0n) is 15.3. The zero-order chi connectivity index (χ0) is 20.3. The number of aryl methyl sites for hydroxylation is 1. The van der Waals surface area contributed by atoms with Gasteiger partial charge >= 0.3 is 0 Å². The molecule has 0 amide bonds. The molecule has 1 saturated heterocycles. The smallest absolute Gasteiger partial charge is 0.273 e. The Bertz CT molecular complexity index is 1250. The molecule has 1 fully saturated rings. The van der Waals surface area contributed by atoms with E-state index in [0.29, 0.717) is 43.9 Å². The third kappa shape index (κ3) is 3.13. The molecular weight excluding hydrogens is 416 g/mol. The van der Waals surface area contributed by atoms with Gasteiger partial charge in [0.25, 0.3) is 12.6 Å². The molecule has 1 atom stereocenters. The van der Waals surface area contributed by atoms with Crippen molar-refractivity contribution in [3.8, 4) is 16.5 Å². The number of thiazole rings is 1. The molecular formula is C19H14BF3N4S2. The molecule has 146 valence electrons. The van der Waals surface area contributed by atoms with Crippen LogP contribution in [0.2, 0.25) is 12.6 Å². The van der Waals surface area contributed by atoms with Gasteiger partial charge in [0.05, 0.1) is 10.6 Å². The van der Waals surface area contributed by atoms with Crippen molar-refractivity contribution < 1.29 is 13.2 Å². The molecule has 10 heteroatoms. The van der Waals surface area contributed by atoms with Crippen LogP contribution in [0.1, 0.15) is 17.2 Å². The van der Waals surface area contributed by atoms with Gasteiger partial charge in [0, 0.05) is 41.4 Å². The Balaban J connectivity index is 1.49. The Labute approximate surface area is 172 Å². The Morgan fingerprint density at radius 2 is 2.14 bits per heavy atom. The molecule has 1 unspecified atom stereocenters. The second kappa shape index (κ2) is 6.57. The predicted molar refractivity (Wildman–Crippen MR) is 110 cm³/mol. The highest BCUT2D eigenvalue weighted by Crippen LogP contribution is 2.49. The molecule has 4 nitrogen and oxygen atoms in total. The Morgan fingerprint density at radius 3 is 2.86 bits per heavy atom. The van der Waals surface area contributed by atoms with E-state index in [1.807, 2.05) is 12.0 Å². The van der Waals surface area contributed by atoms with Gasteiger partial charge < -0.3 is 0 Å². The van der Waals surface area contributed by atoms with Crippen molar-refractivity contribution in [2.45, 2.75) is 30.9 Å². The van der Waals surface area contributed by atoms with E-state index < -0.39 is 24.4 Å². The van der Waals surface area contributed by atoms with Crippen LogP contribution in [0.25, 0.3) is 31.0 Å². The molecule has 0 bridgehead atoms. The van der Waals surface area contributed by atoms with Crippen molar-refractivity contribution in [1.82, 2.24) is 14.8 Å². The number of halogens is 3. The summed E-state index contributed by atoms with van der Waals surface area (Å²) in [6.45, 7) is -0.579. The molecule has 1 aliphatic rings. The van der Waals surface area contributed by atoms with Gasteiger partial charge in [0.15, 0.2) is 5.82 Å². The van der Waals surface area contributed by atoms with Crippen LogP contribution >= 0.6 is 22.7 Å². The van der Waals surface area contributed by atoms with Crippen LogP contribution in [-0.4, -0.2) is 27.4 Å². The third-order valence-electron chi connectivity index (χ3n) is 5.39. The molecule has 0 N–H and O–H groups in total. The maximum atomic E-state index is 14.6. The Kier molecular flexibility index (Phi) is 4.22. The van der Waals surface area contributed by atoms with E-state index in [2.05, 4.69) is 10.1 Å². The SMILES string of the molecule is Cn1cc2cc(-c3nc4sc(C5CCB(C#N)CC5(F)F)cc4s3)cc(F)c2n1. The lowest BCUT2D eigenvalue weighted by molar-refractivity contribution is -0.0133. The lowest BCUT2D eigenvalue weighted by atomic mass is 9.40. The monoisotopic (exact) mass is 430 g/mol. The third-order valence-corrected chi connectivity index (χ3v) is 7.71. The summed E-state index contributed by atoms with van der Waals surface area (Å²) in [5, 5.41) is 14.4. The topological polar surface area (TPSA) is 54.5 Å². The summed E-state index contributed by atoms with van der Waals surface area (Å²) in [6.07, 6.45) is 2.15. The zero-order valence-corrected chi connectivity index (χ0v) is 17.0. The van der Waals surface area contributed by atoms with Crippen LogP contribution in [0.3, 0.4) is 0 Å². The Morgan fingerprint density at radius 1 is 1.31 bits per heavy atom. The second-order valence-electron chi connectivity index (χ2n) is 7.46. The van der Waals surface area contributed by atoms with Gasteiger partial charge in [-0.1, -0.05) is 6.32 Å². The molecule has 0 saturated carbocycles. The molecule has 4 aromatic rings. The van der Waals surface area contributed by atoms with E-state index in [4.69, 9.17) is 5.26 Å².